The van der Waals surface area contributed by atoms with E-state index in [4.69, 9.17) is 9.15 Å². The van der Waals surface area contributed by atoms with Gasteiger partial charge in [-0.15, -0.1) is 0 Å². The predicted molar refractivity (Wildman–Crippen MR) is 86.5 cm³/mol. The fourth-order valence-electron chi connectivity index (χ4n) is 2.19. The topological polar surface area (TPSA) is 71.8 Å². The molecule has 1 aromatic heterocycles. The number of para-hydroxylation sites is 2. The summed E-state index contributed by atoms with van der Waals surface area (Å²) in [6, 6.07) is 10.4. The maximum Gasteiger partial charge on any atom is 0.290 e. The van der Waals surface area contributed by atoms with Gasteiger partial charge in [0.05, 0.1) is 19.1 Å². The molecule has 122 valence electrons. The highest BCUT2D eigenvalue weighted by Crippen LogP contribution is 2.22. The van der Waals surface area contributed by atoms with Crippen molar-refractivity contribution < 1.29 is 18.7 Å². The van der Waals surface area contributed by atoms with Gasteiger partial charge >= 0.3 is 0 Å². The van der Waals surface area contributed by atoms with Gasteiger partial charge < -0.3 is 19.4 Å². The number of hydrogen-bond donors (Lipinski definition) is 1. The second-order valence-corrected chi connectivity index (χ2v) is 4.95. The second-order valence-electron chi connectivity index (χ2n) is 4.95. The van der Waals surface area contributed by atoms with E-state index in [0.29, 0.717) is 18.0 Å². The van der Waals surface area contributed by atoms with E-state index in [0.717, 1.165) is 6.42 Å². The van der Waals surface area contributed by atoms with E-state index in [2.05, 4.69) is 5.32 Å². The summed E-state index contributed by atoms with van der Waals surface area (Å²) < 4.78 is 10.3. The van der Waals surface area contributed by atoms with Crippen LogP contribution in [0, 0.1) is 0 Å². The van der Waals surface area contributed by atoms with Crippen molar-refractivity contribution in [3.05, 3.63) is 48.4 Å². The van der Waals surface area contributed by atoms with Crippen LogP contribution in [-0.2, 0) is 4.79 Å². The highest BCUT2D eigenvalue weighted by Gasteiger charge is 2.20. The first-order valence-corrected chi connectivity index (χ1v) is 7.41. The van der Waals surface area contributed by atoms with Crippen molar-refractivity contribution in [3.8, 4) is 5.75 Å². The molecular formula is C17H20N2O4. The average molecular weight is 316 g/mol. The molecule has 0 unspecified atom stereocenters. The smallest absolute Gasteiger partial charge is 0.290 e. The number of rotatable bonds is 7. The Kier molecular flexibility index (Phi) is 5.80. The first-order valence-electron chi connectivity index (χ1n) is 7.41. The number of ether oxygens (including phenoxy) is 1. The molecule has 0 saturated heterocycles. The first kappa shape index (κ1) is 16.6. The number of nitrogens with zero attached hydrogens (tertiary/aromatic N) is 1. The first-order chi connectivity index (χ1) is 11.2. The number of benzene rings is 1. The molecule has 2 amide bonds. The van der Waals surface area contributed by atoms with E-state index in [-0.39, 0.29) is 24.1 Å². The normalized spacial score (nSPS) is 10.2. The average Bonchev–Trinajstić information content (AvgIpc) is 3.08. The molecule has 0 aliphatic rings. The molecule has 0 aliphatic heterocycles. The van der Waals surface area contributed by atoms with Crippen LogP contribution in [0.25, 0.3) is 0 Å². The third-order valence-electron chi connectivity index (χ3n) is 3.23. The van der Waals surface area contributed by atoms with Crippen molar-refractivity contribution in [2.24, 2.45) is 0 Å². The number of anilines is 1. The molecular weight excluding hydrogens is 296 g/mol. The fraction of sp³-hybridized carbons (Fsp3) is 0.294. The Labute approximate surface area is 135 Å². The van der Waals surface area contributed by atoms with Gasteiger partial charge in [-0.1, -0.05) is 19.1 Å². The zero-order valence-corrected chi connectivity index (χ0v) is 13.2. The van der Waals surface area contributed by atoms with Gasteiger partial charge in [0.2, 0.25) is 5.91 Å². The number of furan rings is 1. The molecule has 6 nitrogen and oxygen atoms in total. The van der Waals surface area contributed by atoms with Gasteiger partial charge in [-0.3, -0.25) is 9.59 Å². The molecule has 0 saturated carbocycles. The Balaban J connectivity index is 2.04. The zero-order valence-electron chi connectivity index (χ0n) is 13.2. The summed E-state index contributed by atoms with van der Waals surface area (Å²) in [7, 11) is 1.54. The predicted octanol–water partition coefficient (Wildman–Crippen LogP) is 2.78. The third kappa shape index (κ3) is 4.35. The molecule has 0 spiro atoms. The van der Waals surface area contributed by atoms with Gasteiger partial charge in [0.25, 0.3) is 5.91 Å². The highest BCUT2D eigenvalue weighted by molar-refractivity contribution is 5.98. The van der Waals surface area contributed by atoms with Gasteiger partial charge in [0.15, 0.2) is 5.76 Å². The molecule has 0 atom stereocenters. The summed E-state index contributed by atoms with van der Waals surface area (Å²) in [5, 5.41) is 2.76. The summed E-state index contributed by atoms with van der Waals surface area (Å²) in [6.45, 7) is 2.37. The van der Waals surface area contributed by atoms with Crippen LogP contribution in [0.1, 0.15) is 23.9 Å². The number of hydrogen-bond acceptors (Lipinski definition) is 4. The van der Waals surface area contributed by atoms with Crippen molar-refractivity contribution in [1.82, 2.24) is 4.90 Å². The van der Waals surface area contributed by atoms with Gasteiger partial charge in [0, 0.05) is 6.54 Å². The number of carbonyl (C=O) groups excluding carboxylic acids is 2. The van der Waals surface area contributed by atoms with Crippen LogP contribution in [0.5, 0.6) is 5.75 Å². The van der Waals surface area contributed by atoms with Gasteiger partial charge in [-0.2, -0.15) is 0 Å². The van der Waals surface area contributed by atoms with Crippen molar-refractivity contribution in [2.45, 2.75) is 13.3 Å². The minimum atomic E-state index is -0.299. The molecule has 2 rings (SSSR count). The summed E-state index contributed by atoms with van der Waals surface area (Å²) in [5.41, 5.74) is 0.571. The molecule has 6 heteroatoms. The van der Waals surface area contributed by atoms with Crippen LogP contribution in [-0.4, -0.2) is 36.9 Å². The molecule has 23 heavy (non-hydrogen) atoms. The molecule has 1 heterocycles. The van der Waals surface area contributed by atoms with E-state index in [1.54, 1.807) is 30.3 Å². The molecule has 2 aromatic rings. The fourth-order valence-corrected chi connectivity index (χ4v) is 2.19. The van der Waals surface area contributed by atoms with Crippen LogP contribution in [0.15, 0.2) is 47.1 Å². The Bertz CT molecular complexity index is 652. The summed E-state index contributed by atoms with van der Waals surface area (Å²) in [5.74, 6) is 0.207. The van der Waals surface area contributed by atoms with Crippen LogP contribution in [0.4, 0.5) is 5.69 Å². The lowest BCUT2D eigenvalue weighted by atomic mass is 10.3. The highest BCUT2D eigenvalue weighted by atomic mass is 16.5. The molecule has 0 fully saturated rings. The number of nitrogens with one attached hydrogen (secondary N) is 1. The van der Waals surface area contributed by atoms with E-state index in [1.165, 1.54) is 18.3 Å². The van der Waals surface area contributed by atoms with Gasteiger partial charge in [-0.25, -0.2) is 0 Å². The Hall–Kier alpha value is -2.76. The summed E-state index contributed by atoms with van der Waals surface area (Å²) in [6.07, 6.45) is 2.18. The van der Waals surface area contributed by atoms with E-state index in [9.17, 15) is 9.59 Å². The molecule has 1 N–H and O–H groups in total. The van der Waals surface area contributed by atoms with Crippen molar-refractivity contribution in [1.29, 1.82) is 0 Å². The SMILES string of the molecule is CCCN(CC(=O)Nc1ccccc1OC)C(=O)c1ccco1. The lowest BCUT2D eigenvalue weighted by Gasteiger charge is -2.20. The van der Waals surface area contributed by atoms with Crippen LogP contribution in [0.2, 0.25) is 0 Å². The Morgan fingerprint density at radius 1 is 1.22 bits per heavy atom. The minimum absolute atomic E-state index is 0.0502. The van der Waals surface area contributed by atoms with Crippen molar-refractivity contribution in [3.63, 3.8) is 0 Å². The summed E-state index contributed by atoms with van der Waals surface area (Å²) >= 11 is 0. The number of carbonyl (C=O) groups is 2. The summed E-state index contributed by atoms with van der Waals surface area (Å²) in [4.78, 5) is 26.0. The van der Waals surface area contributed by atoms with Crippen LogP contribution in [0.3, 0.4) is 0 Å². The van der Waals surface area contributed by atoms with Crippen molar-refractivity contribution >= 4 is 17.5 Å². The third-order valence-corrected chi connectivity index (χ3v) is 3.23. The van der Waals surface area contributed by atoms with Crippen molar-refractivity contribution in [2.75, 3.05) is 25.5 Å². The minimum Gasteiger partial charge on any atom is -0.495 e. The lowest BCUT2D eigenvalue weighted by molar-refractivity contribution is -0.116. The molecule has 0 aliphatic carbocycles. The monoisotopic (exact) mass is 316 g/mol. The Morgan fingerprint density at radius 2 is 2.00 bits per heavy atom. The maximum atomic E-state index is 12.3. The van der Waals surface area contributed by atoms with E-state index in [1.807, 2.05) is 13.0 Å². The van der Waals surface area contributed by atoms with Crippen LogP contribution < -0.4 is 10.1 Å². The number of methoxy groups -OCH3 is 1. The molecule has 1 aromatic carbocycles. The standard InChI is InChI=1S/C17H20N2O4/c1-3-10-19(17(21)15-9-6-11-23-15)12-16(20)18-13-7-4-5-8-14(13)22-2/h4-9,11H,3,10,12H2,1-2H3,(H,18,20). The zero-order chi connectivity index (χ0) is 16.7. The van der Waals surface area contributed by atoms with E-state index >= 15 is 0 Å². The molecule has 0 radical (unpaired) electrons. The lowest BCUT2D eigenvalue weighted by Crippen LogP contribution is -2.38. The molecule has 0 bridgehead atoms. The van der Waals surface area contributed by atoms with Gasteiger partial charge in [-0.05, 0) is 30.7 Å². The van der Waals surface area contributed by atoms with E-state index < -0.39 is 0 Å². The second kappa shape index (κ2) is 8.03. The largest absolute Gasteiger partial charge is 0.495 e. The van der Waals surface area contributed by atoms with Gasteiger partial charge in [0.1, 0.15) is 12.3 Å². The number of amides is 2. The maximum absolute atomic E-state index is 12.3. The van der Waals surface area contributed by atoms with Crippen LogP contribution >= 0.6 is 0 Å². The Morgan fingerprint density at radius 3 is 2.65 bits per heavy atom. The quantitative estimate of drug-likeness (QED) is 0.852.